The lowest BCUT2D eigenvalue weighted by atomic mass is 9.99. The number of carbonyl (C=O) groups is 1. The molecule has 1 amide bonds. The molecule has 1 aromatic carbocycles. The van der Waals surface area contributed by atoms with Gasteiger partial charge in [-0.2, -0.15) is 5.10 Å². The zero-order valence-corrected chi connectivity index (χ0v) is 19.7. The third-order valence-corrected chi connectivity index (χ3v) is 7.03. The molecule has 0 aliphatic carbocycles. The first-order chi connectivity index (χ1) is 16.0. The van der Waals surface area contributed by atoms with Crippen LogP contribution in [0.4, 0.5) is 20.3 Å². The van der Waals surface area contributed by atoms with Crippen molar-refractivity contribution in [1.82, 2.24) is 20.1 Å². The van der Waals surface area contributed by atoms with E-state index in [-0.39, 0.29) is 17.5 Å². The third kappa shape index (κ3) is 3.99. The molecule has 3 aromatic rings. The van der Waals surface area contributed by atoms with E-state index < -0.39 is 6.43 Å². The molecule has 1 N–H and O–H groups in total. The highest BCUT2D eigenvalue weighted by Crippen LogP contribution is 2.41. The van der Waals surface area contributed by atoms with Crippen LogP contribution in [0.2, 0.25) is 0 Å². The number of hydrogen-bond donors (Lipinski definition) is 1. The molecule has 1 fully saturated rings. The zero-order valence-electron chi connectivity index (χ0n) is 18.2. The molecular weight excluding hydrogens is 496 g/mol. The second-order valence-electron chi connectivity index (χ2n) is 8.31. The first-order valence-electron chi connectivity index (χ1n) is 11.0. The molecule has 2 aliphatic rings. The summed E-state index contributed by atoms with van der Waals surface area (Å²) in [6.45, 7) is 1.94. The Kier molecular flexibility index (Phi) is 6.05. The Morgan fingerprint density at radius 2 is 2.06 bits per heavy atom. The largest absolute Gasteiger partial charge is 0.381 e. The molecule has 4 heterocycles. The molecule has 5 rings (SSSR count). The molecule has 10 heteroatoms. The second-order valence-corrected chi connectivity index (χ2v) is 9.17. The second kappa shape index (κ2) is 8.98. The minimum atomic E-state index is -2.59. The average Bonchev–Trinajstić information content (AvgIpc) is 3.21. The third-order valence-electron chi connectivity index (χ3n) is 6.34. The normalized spacial score (nSPS) is 16.9. The number of benzene rings is 1. The maximum Gasteiger partial charge on any atom is 0.269 e. The summed E-state index contributed by atoms with van der Waals surface area (Å²) < 4.78 is 35.2. The Morgan fingerprint density at radius 3 is 2.79 bits per heavy atom. The topological polar surface area (TPSA) is 72.3 Å². The van der Waals surface area contributed by atoms with Gasteiger partial charge in [0.1, 0.15) is 11.2 Å². The summed E-state index contributed by atoms with van der Waals surface area (Å²) in [5.74, 6) is 0.301. The summed E-state index contributed by atoms with van der Waals surface area (Å²) in [5, 5.41) is 7.56. The lowest BCUT2D eigenvalue weighted by Crippen LogP contribution is -2.26. The average molecular weight is 520 g/mol. The number of aromatic nitrogens is 3. The number of ether oxygens (including phenoxy) is 1. The van der Waals surface area contributed by atoms with Gasteiger partial charge in [0.2, 0.25) is 0 Å². The Morgan fingerprint density at radius 1 is 1.27 bits per heavy atom. The molecule has 33 heavy (non-hydrogen) atoms. The van der Waals surface area contributed by atoms with E-state index >= 15 is 0 Å². The Labute approximate surface area is 198 Å². The van der Waals surface area contributed by atoms with Gasteiger partial charge in [0.05, 0.1) is 11.6 Å². The molecule has 0 radical (unpaired) electrons. The van der Waals surface area contributed by atoms with Crippen molar-refractivity contribution in [2.75, 3.05) is 31.7 Å². The van der Waals surface area contributed by atoms with E-state index in [1.807, 2.05) is 15.6 Å². The maximum absolute atomic E-state index is 13.7. The highest BCUT2D eigenvalue weighted by atomic mass is 79.9. The Bertz CT molecular complexity index is 1210. The highest BCUT2D eigenvalue weighted by Gasteiger charge is 2.29. The zero-order chi connectivity index (χ0) is 23.1. The van der Waals surface area contributed by atoms with Crippen molar-refractivity contribution in [3.8, 4) is 0 Å². The van der Waals surface area contributed by atoms with Crippen LogP contribution in [0.3, 0.4) is 0 Å². The van der Waals surface area contributed by atoms with Gasteiger partial charge in [0.15, 0.2) is 5.82 Å². The predicted molar refractivity (Wildman–Crippen MR) is 124 cm³/mol. The molecule has 0 atom stereocenters. The van der Waals surface area contributed by atoms with E-state index in [0.29, 0.717) is 46.9 Å². The van der Waals surface area contributed by atoms with Crippen LogP contribution in [0.5, 0.6) is 0 Å². The van der Waals surface area contributed by atoms with Crippen molar-refractivity contribution in [2.24, 2.45) is 0 Å². The molecule has 2 aromatic heterocycles. The highest BCUT2D eigenvalue weighted by molar-refractivity contribution is 9.10. The van der Waals surface area contributed by atoms with Crippen molar-refractivity contribution >= 4 is 44.4 Å². The maximum atomic E-state index is 13.7. The molecule has 0 unspecified atom stereocenters. The van der Waals surface area contributed by atoms with Crippen LogP contribution in [-0.4, -0.2) is 47.5 Å². The van der Waals surface area contributed by atoms with Gasteiger partial charge in [-0.15, -0.1) is 0 Å². The van der Waals surface area contributed by atoms with Crippen molar-refractivity contribution in [1.29, 1.82) is 0 Å². The van der Waals surface area contributed by atoms with Gasteiger partial charge in [-0.1, -0.05) is 15.9 Å². The van der Waals surface area contributed by atoms with Crippen LogP contribution in [0.25, 0.3) is 11.0 Å². The van der Waals surface area contributed by atoms with E-state index in [1.54, 1.807) is 25.2 Å². The molecular formula is C23H24BrF2N5O2. The number of hydrogen-bond acceptors (Lipinski definition) is 5. The first-order valence-corrected chi connectivity index (χ1v) is 11.8. The number of anilines is 2. The number of halogens is 3. The summed E-state index contributed by atoms with van der Waals surface area (Å²) in [4.78, 5) is 18.9. The van der Waals surface area contributed by atoms with E-state index in [9.17, 15) is 13.6 Å². The van der Waals surface area contributed by atoms with Crippen LogP contribution in [-0.2, 0) is 11.2 Å². The standard InChI is InChI=1S/C23H24BrF2N5O2/c1-27-23(32)17-4-5-18-20(28-17)22(29-31(18)14-6-9-33-10-7-14)30-8-2-3-13-11-16(24)15(21(25)26)12-19(13)30/h4-5,11-12,14,21H,2-3,6-10H2,1H3,(H,27,32). The van der Waals surface area contributed by atoms with Crippen LogP contribution >= 0.6 is 15.9 Å². The summed E-state index contributed by atoms with van der Waals surface area (Å²) in [6, 6.07) is 7.04. The molecule has 0 bridgehead atoms. The monoisotopic (exact) mass is 519 g/mol. The predicted octanol–water partition coefficient (Wildman–Crippen LogP) is 4.93. The van der Waals surface area contributed by atoms with Gasteiger partial charge in [0.25, 0.3) is 12.3 Å². The van der Waals surface area contributed by atoms with E-state index in [1.165, 1.54) is 0 Å². The van der Waals surface area contributed by atoms with E-state index in [0.717, 1.165) is 36.8 Å². The number of aryl methyl sites for hydroxylation is 1. The number of alkyl halides is 2. The van der Waals surface area contributed by atoms with E-state index in [4.69, 9.17) is 9.84 Å². The number of carbonyl (C=O) groups excluding carboxylic acids is 1. The smallest absolute Gasteiger partial charge is 0.269 e. The van der Waals surface area contributed by atoms with Crippen LogP contribution in [0, 0.1) is 0 Å². The number of fused-ring (bicyclic) bond motifs is 2. The summed E-state index contributed by atoms with van der Waals surface area (Å²) >= 11 is 3.29. The Hall–Kier alpha value is -2.59. The first kappa shape index (κ1) is 22.2. The molecule has 1 saturated heterocycles. The molecule has 0 spiro atoms. The van der Waals surface area contributed by atoms with Crippen molar-refractivity contribution in [3.63, 3.8) is 0 Å². The quantitative estimate of drug-likeness (QED) is 0.529. The van der Waals surface area contributed by atoms with Crippen LogP contribution < -0.4 is 10.2 Å². The van der Waals surface area contributed by atoms with Gasteiger partial charge in [-0.05, 0) is 55.5 Å². The van der Waals surface area contributed by atoms with Gasteiger partial charge >= 0.3 is 0 Å². The number of rotatable bonds is 4. The van der Waals surface area contributed by atoms with Crippen molar-refractivity contribution < 1.29 is 18.3 Å². The number of nitrogens with zero attached hydrogens (tertiary/aromatic N) is 4. The fourth-order valence-corrected chi connectivity index (χ4v) is 5.22. The minimum absolute atomic E-state index is 0.0483. The SMILES string of the molecule is CNC(=O)c1ccc2c(n1)c(N1CCCc3cc(Br)c(C(F)F)cc31)nn2C1CCOCC1. The summed E-state index contributed by atoms with van der Waals surface area (Å²) in [7, 11) is 1.56. The molecule has 7 nitrogen and oxygen atoms in total. The molecule has 2 aliphatic heterocycles. The molecule has 0 saturated carbocycles. The summed E-state index contributed by atoms with van der Waals surface area (Å²) in [6.07, 6.45) is 0.708. The molecule has 174 valence electrons. The minimum Gasteiger partial charge on any atom is -0.381 e. The van der Waals surface area contributed by atoms with Crippen LogP contribution in [0.15, 0.2) is 28.7 Å². The van der Waals surface area contributed by atoms with Crippen molar-refractivity contribution in [3.05, 3.63) is 45.6 Å². The Balaban J connectivity index is 1.69. The van der Waals surface area contributed by atoms with Crippen LogP contribution in [0.1, 0.15) is 53.3 Å². The van der Waals surface area contributed by atoms with E-state index in [2.05, 4.69) is 26.2 Å². The fourth-order valence-electron chi connectivity index (χ4n) is 4.65. The lowest BCUT2D eigenvalue weighted by molar-refractivity contribution is 0.0675. The van der Waals surface area contributed by atoms with Gasteiger partial charge in [-0.25, -0.2) is 13.8 Å². The number of nitrogens with one attached hydrogen (secondary N) is 1. The fraction of sp³-hybridized carbons (Fsp3) is 0.435. The lowest BCUT2D eigenvalue weighted by Gasteiger charge is -2.30. The number of amides is 1. The van der Waals surface area contributed by atoms with Gasteiger partial charge < -0.3 is 15.0 Å². The number of pyridine rings is 1. The summed E-state index contributed by atoms with van der Waals surface area (Å²) in [5.41, 5.74) is 3.35. The van der Waals surface area contributed by atoms with Gasteiger partial charge in [-0.3, -0.25) is 9.48 Å². The van der Waals surface area contributed by atoms with Crippen molar-refractivity contribution in [2.45, 2.75) is 38.2 Å². The van der Waals surface area contributed by atoms with Gasteiger partial charge in [0, 0.05) is 42.5 Å².